The van der Waals surface area contributed by atoms with Crippen LogP contribution < -0.4 is 5.73 Å². The molecule has 1 rings (SSSR count). The van der Waals surface area contributed by atoms with Crippen molar-refractivity contribution >= 4 is 15.9 Å². The van der Waals surface area contributed by atoms with Crippen LogP contribution in [0.5, 0.6) is 0 Å². The molecule has 1 unspecified atom stereocenters. The lowest BCUT2D eigenvalue weighted by atomic mass is 9.78. The van der Waals surface area contributed by atoms with Crippen molar-refractivity contribution in [2.24, 2.45) is 5.73 Å². The van der Waals surface area contributed by atoms with Crippen LogP contribution in [0.1, 0.15) is 26.3 Å². The Bertz CT molecular complexity index is 314. The molecule has 14 heavy (non-hydrogen) atoms. The van der Waals surface area contributed by atoms with E-state index in [-0.39, 0.29) is 17.3 Å². The number of nitrogens with two attached hydrogens (primary N) is 1. The molecule has 0 heterocycles. The topological polar surface area (TPSA) is 26.0 Å². The summed E-state index contributed by atoms with van der Waals surface area (Å²) in [5.74, 6) is -0.207. The zero-order chi connectivity index (χ0) is 10.9. The van der Waals surface area contributed by atoms with Crippen molar-refractivity contribution in [1.82, 2.24) is 0 Å². The van der Waals surface area contributed by atoms with Crippen molar-refractivity contribution < 1.29 is 4.39 Å². The van der Waals surface area contributed by atoms with Gasteiger partial charge in [-0.15, -0.1) is 0 Å². The van der Waals surface area contributed by atoms with Gasteiger partial charge in [0.2, 0.25) is 0 Å². The van der Waals surface area contributed by atoms with Crippen molar-refractivity contribution in [2.45, 2.75) is 32.2 Å². The Morgan fingerprint density at radius 1 is 1.43 bits per heavy atom. The molecule has 0 amide bonds. The second-order valence-electron chi connectivity index (χ2n) is 4.11. The molecule has 1 atom stereocenters. The quantitative estimate of drug-likeness (QED) is 0.868. The molecular weight excluding hydrogens is 245 g/mol. The Kier molecular flexibility index (Phi) is 3.32. The maximum Gasteiger partial charge on any atom is 0.128 e. The second kappa shape index (κ2) is 3.99. The first-order valence-electron chi connectivity index (χ1n) is 4.57. The van der Waals surface area contributed by atoms with E-state index in [2.05, 4.69) is 15.9 Å². The van der Waals surface area contributed by atoms with Crippen molar-refractivity contribution in [3.8, 4) is 0 Å². The highest BCUT2D eigenvalue weighted by Gasteiger charge is 2.30. The van der Waals surface area contributed by atoms with Gasteiger partial charge in [0.15, 0.2) is 0 Å². The summed E-state index contributed by atoms with van der Waals surface area (Å²) in [5, 5.41) is 0. The summed E-state index contributed by atoms with van der Waals surface area (Å²) in [6.45, 7) is 5.78. The molecule has 1 nitrogen and oxygen atoms in total. The van der Waals surface area contributed by atoms with Crippen LogP contribution in [0.15, 0.2) is 22.7 Å². The van der Waals surface area contributed by atoms with Gasteiger partial charge in [-0.3, -0.25) is 0 Å². The zero-order valence-electron chi connectivity index (χ0n) is 8.64. The van der Waals surface area contributed by atoms with Crippen LogP contribution in [-0.2, 0) is 5.41 Å². The lowest BCUT2D eigenvalue weighted by Crippen LogP contribution is -2.39. The number of benzene rings is 1. The average Bonchev–Trinajstić information content (AvgIpc) is 2.02. The molecule has 0 bridgehead atoms. The average molecular weight is 260 g/mol. The number of hydrogen-bond acceptors (Lipinski definition) is 1. The van der Waals surface area contributed by atoms with Crippen molar-refractivity contribution in [2.75, 3.05) is 0 Å². The lowest BCUT2D eigenvalue weighted by Gasteiger charge is -2.30. The first-order chi connectivity index (χ1) is 6.37. The molecule has 0 saturated heterocycles. The molecule has 1 aromatic rings. The summed E-state index contributed by atoms with van der Waals surface area (Å²) in [5.41, 5.74) is 6.13. The molecule has 78 valence electrons. The third-order valence-corrected chi connectivity index (χ3v) is 3.41. The summed E-state index contributed by atoms with van der Waals surface area (Å²) in [6.07, 6.45) is 0. The van der Waals surface area contributed by atoms with Crippen LogP contribution in [0.4, 0.5) is 4.39 Å². The Morgan fingerprint density at radius 2 is 2.00 bits per heavy atom. The van der Waals surface area contributed by atoms with E-state index in [1.165, 1.54) is 6.07 Å². The molecule has 0 aliphatic carbocycles. The van der Waals surface area contributed by atoms with Gasteiger partial charge in [0, 0.05) is 21.5 Å². The molecule has 1 aromatic carbocycles. The van der Waals surface area contributed by atoms with Crippen LogP contribution >= 0.6 is 15.9 Å². The molecule has 3 heteroatoms. The predicted octanol–water partition coefficient (Wildman–Crippen LogP) is 3.21. The number of halogens is 2. The fourth-order valence-electron chi connectivity index (χ4n) is 1.34. The predicted molar refractivity (Wildman–Crippen MR) is 60.8 cm³/mol. The van der Waals surface area contributed by atoms with Gasteiger partial charge in [0.1, 0.15) is 5.82 Å². The van der Waals surface area contributed by atoms with Gasteiger partial charge in [-0.05, 0) is 19.1 Å². The smallest absolute Gasteiger partial charge is 0.128 e. The van der Waals surface area contributed by atoms with Crippen LogP contribution in [0.3, 0.4) is 0 Å². The number of rotatable bonds is 2. The van der Waals surface area contributed by atoms with Gasteiger partial charge in [-0.2, -0.15) is 0 Å². The third kappa shape index (κ3) is 1.98. The van der Waals surface area contributed by atoms with E-state index < -0.39 is 0 Å². The largest absolute Gasteiger partial charge is 0.327 e. The normalized spacial score (nSPS) is 14.1. The Labute approximate surface area is 92.6 Å². The molecule has 0 aliphatic heterocycles. The van der Waals surface area contributed by atoms with E-state index in [1.54, 1.807) is 6.07 Å². The standard InChI is InChI=1S/C11H15BrFN/c1-7(14)11(2,3)10-8(12)5-4-6-9(10)13/h4-7H,14H2,1-3H3. The minimum Gasteiger partial charge on any atom is -0.327 e. The first-order valence-corrected chi connectivity index (χ1v) is 5.36. The minimum atomic E-state index is -0.371. The van der Waals surface area contributed by atoms with Crippen LogP contribution in [0.2, 0.25) is 0 Å². The zero-order valence-corrected chi connectivity index (χ0v) is 10.2. The van der Waals surface area contributed by atoms with E-state index in [9.17, 15) is 4.39 Å². The van der Waals surface area contributed by atoms with E-state index in [0.717, 1.165) is 4.47 Å². The van der Waals surface area contributed by atoms with E-state index in [1.807, 2.05) is 26.8 Å². The van der Waals surface area contributed by atoms with Crippen molar-refractivity contribution in [3.63, 3.8) is 0 Å². The molecular formula is C11H15BrFN. The van der Waals surface area contributed by atoms with Crippen LogP contribution in [0, 0.1) is 5.82 Å². The first kappa shape index (κ1) is 11.7. The molecule has 0 fully saturated rings. The Morgan fingerprint density at radius 3 is 2.43 bits per heavy atom. The minimum absolute atomic E-state index is 0.101. The Hall–Kier alpha value is -0.410. The van der Waals surface area contributed by atoms with Gasteiger partial charge in [-0.1, -0.05) is 35.8 Å². The fraction of sp³-hybridized carbons (Fsp3) is 0.455. The van der Waals surface area contributed by atoms with Gasteiger partial charge < -0.3 is 5.73 Å². The highest BCUT2D eigenvalue weighted by atomic mass is 79.9. The maximum absolute atomic E-state index is 13.6. The molecule has 2 N–H and O–H groups in total. The summed E-state index contributed by atoms with van der Waals surface area (Å²) in [4.78, 5) is 0. The monoisotopic (exact) mass is 259 g/mol. The van der Waals surface area contributed by atoms with Crippen LogP contribution in [-0.4, -0.2) is 6.04 Å². The lowest BCUT2D eigenvalue weighted by molar-refractivity contribution is 0.410. The molecule has 0 aliphatic rings. The SMILES string of the molecule is CC(N)C(C)(C)c1c(F)cccc1Br. The van der Waals surface area contributed by atoms with Gasteiger partial charge >= 0.3 is 0 Å². The summed E-state index contributed by atoms with van der Waals surface area (Å²) in [6, 6.07) is 4.88. The maximum atomic E-state index is 13.6. The summed E-state index contributed by atoms with van der Waals surface area (Å²) >= 11 is 3.36. The molecule has 0 radical (unpaired) electrons. The molecule has 0 saturated carbocycles. The van der Waals surface area contributed by atoms with E-state index in [4.69, 9.17) is 5.73 Å². The second-order valence-corrected chi connectivity index (χ2v) is 4.96. The van der Waals surface area contributed by atoms with Gasteiger partial charge in [0.05, 0.1) is 0 Å². The summed E-state index contributed by atoms with van der Waals surface area (Å²) < 4.78 is 14.4. The van der Waals surface area contributed by atoms with Gasteiger partial charge in [0.25, 0.3) is 0 Å². The molecule has 0 aromatic heterocycles. The number of hydrogen-bond donors (Lipinski definition) is 1. The van der Waals surface area contributed by atoms with Gasteiger partial charge in [-0.25, -0.2) is 4.39 Å². The fourth-order valence-corrected chi connectivity index (χ4v) is 2.19. The van der Waals surface area contributed by atoms with E-state index >= 15 is 0 Å². The Balaban J connectivity index is 3.31. The molecule has 0 spiro atoms. The van der Waals surface area contributed by atoms with Crippen LogP contribution in [0.25, 0.3) is 0 Å². The highest BCUT2D eigenvalue weighted by molar-refractivity contribution is 9.10. The van der Waals surface area contributed by atoms with E-state index in [0.29, 0.717) is 5.56 Å². The van der Waals surface area contributed by atoms with Crippen molar-refractivity contribution in [1.29, 1.82) is 0 Å². The third-order valence-electron chi connectivity index (χ3n) is 2.75. The van der Waals surface area contributed by atoms with Crippen molar-refractivity contribution in [3.05, 3.63) is 34.1 Å². The highest BCUT2D eigenvalue weighted by Crippen LogP contribution is 2.34. The summed E-state index contributed by atoms with van der Waals surface area (Å²) in [7, 11) is 0.